The zero-order chi connectivity index (χ0) is 13.8. The third-order valence-corrected chi connectivity index (χ3v) is 4.93. The Labute approximate surface area is 122 Å². The van der Waals surface area contributed by atoms with E-state index in [9.17, 15) is 5.11 Å². The first-order chi connectivity index (χ1) is 9.81. The third kappa shape index (κ3) is 3.33. The summed E-state index contributed by atoms with van der Waals surface area (Å²) in [5.74, 6) is 2.21. The summed E-state index contributed by atoms with van der Waals surface area (Å²) in [6.07, 6.45) is 6.68. The van der Waals surface area contributed by atoms with Crippen LogP contribution >= 0.6 is 11.8 Å². The molecule has 1 aliphatic rings. The molecule has 4 nitrogen and oxygen atoms in total. The molecule has 1 N–H and O–H groups in total. The second-order valence-electron chi connectivity index (χ2n) is 5.14. The normalized spacial score (nSPS) is 16.4. The Bertz CT molecular complexity index is 565. The molecule has 1 heterocycles. The summed E-state index contributed by atoms with van der Waals surface area (Å²) < 4.78 is 5.26. The van der Waals surface area contributed by atoms with E-state index in [4.69, 9.17) is 4.52 Å². The topological polar surface area (TPSA) is 59.2 Å². The van der Waals surface area contributed by atoms with Crippen LogP contribution in [0.2, 0.25) is 0 Å². The number of rotatable bonds is 4. The number of hydrogen-bond acceptors (Lipinski definition) is 5. The van der Waals surface area contributed by atoms with Crippen molar-refractivity contribution in [2.24, 2.45) is 0 Å². The minimum Gasteiger partial charge on any atom is -0.508 e. The van der Waals surface area contributed by atoms with Gasteiger partial charge in [-0.1, -0.05) is 30.5 Å². The van der Waals surface area contributed by atoms with Crippen LogP contribution in [0.3, 0.4) is 0 Å². The Balaban J connectivity index is 1.61. The van der Waals surface area contributed by atoms with Crippen LogP contribution in [0.1, 0.15) is 37.9 Å². The number of thioether (sulfide) groups is 1. The Morgan fingerprint density at radius 2 is 2.10 bits per heavy atom. The van der Waals surface area contributed by atoms with E-state index in [1.54, 1.807) is 18.2 Å². The molecule has 5 heteroatoms. The van der Waals surface area contributed by atoms with E-state index >= 15 is 0 Å². The lowest BCUT2D eigenvalue weighted by atomic mass is 10.0. The molecule has 0 amide bonds. The first-order valence-corrected chi connectivity index (χ1v) is 8.10. The van der Waals surface area contributed by atoms with E-state index in [-0.39, 0.29) is 5.75 Å². The van der Waals surface area contributed by atoms with Gasteiger partial charge in [-0.3, -0.25) is 0 Å². The highest BCUT2D eigenvalue weighted by atomic mass is 32.2. The van der Waals surface area contributed by atoms with Gasteiger partial charge >= 0.3 is 0 Å². The van der Waals surface area contributed by atoms with Crippen LogP contribution in [0, 0.1) is 0 Å². The molecule has 1 saturated carbocycles. The summed E-state index contributed by atoms with van der Waals surface area (Å²) >= 11 is 1.93. The van der Waals surface area contributed by atoms with Gasteiger partial charge in [0.2, 0.25) is 0 Å². The lowest BCUT2D eigenvalue weighted by Gasteiger charge is -2.19. The summed E-state index contributed by atoms with van der Waals surface area (Å²) in [4.78, 5) is 4.40. The van der Waals surface area contributed by atoms with Crippen LogP contribution in [0.4, 0.5) is 0 Å². The summed E-state index contributed by atoms with van der Waals surface area (Å²) in [7, 11) is 0. The number of aromatic hydroxyl groups is 1. The fraction of sp³-hybridized carbons (Fsp3) is 0.467. The maximum Gasteiger partial charge on any atom is 0.258 e. The van der Waals surface area contributed by atoms with Crippen molar-refractivity contribution in [2.75, 3.05) is 0 Å². The van der Waals surface area contributed by atoms with Gasteiger partial charge in [0.25, 0.3) is 5.89 Å². The molecule has 1 aromatic heterocycles. The van der Waals surface area contributed by atoms with E-state index in [2.05, 4.69) is 10.1 Å². The van der Waals surface area contributed by atoms with Crippen LogP contribution in [0.25, 0.3) is 11.5 Å². The molecular weight excluding hydrogens is 272 g/mol. The zero-order valence-electron chi connectivity index (χ0n) is 11.3. The summed E-state index contributed by atoms with van der Waals surface area (Å²) in [6, 6.07) is 6.88. The maximum atomic E-state index is 9.46. The van der Waals surface area contributed by atoms with Crippen LogP contribution < -0.4 is 0 Å². The minimum atomic E-state index is 0.207. The number of phenols is 1. The zero-order valence-corrected chi connectivity index (χ0v) is 12.1. The highest BCUT2D eigenvalue weighted by Gasteiger charge is 2.16. The van der Waals surface area contributed by atoms with Gasteiger partial charge in [0.15, 0.2) is 5.82 Å². The molecule has 0 radical (unpaired) electrons. The van der Waals surface area contributed by atoms with Gasteiger partial charge in [0, 0.05) is 10.8 Å². The van der Waals surface area contributed by atoms with Crippen LogP contribution in [-0.2, 0) is 5.75 Å². The maximum absolute atomic E-state index is 9.46. The second kappa shape index (κ2) is 6.31. The van der Waals surface area contributed by atoms with E-state index < -0.39 is 0 Å². The standard InChI is InChI=1S/C15H18N2O2S/c18-12-6-4-5-11(9-12)15-16-14(17-19-15)10-20-13-7-2-1-3-8-13/h4-6,9,13,18H,1-3,7-8,10H2. The first-order valence-electron chi connectivity index (χ1n) is 7.05. The number of phenolic OH excluding ortho intramolecular Hbond substituents is 1. The molecule has 20 heavy (non-hydrogen) atoms. The molecule has 1 aliphatic carbocycles. The molecule has 2 aromatic rings. The second-order valence-corrected chi connectivity index (χ2v) is 6.43. The summed E-state index contributed by atoms with van der Waals surface area (Å²) in [5.41, 5.74) is 0.756. The summed E-state index contributed by atoms with van der Waals surface area (Å²) in [6.45, 7) is 0. The predicted octanol–water partition coefficient (Wildman–Crippen LogP) is 4.01. The van der Waals surface area contributed by atoms with Crippen LogP contribution in [-0.4, -0.2) is 20.5 Å². The third-order valence-electron chi connectivity index (χ3n) is 3.56. The van der Waals surface area contributed by atoms with Gasteiger partial charge in [-0.05, 0) is 31.0 Å². The number of benzene rings is 1. The monoisotopic (exact) mass is 290 g/mol. The highest BCUT2D eigenvalue weighted by Crippen LogP contribution is 2.30. The average Bonchev–Trinajstić information content (AvgIpc) is 2.95. The van der Waals surface area contributed by atoms with Crippen molar-refractivity contribution < 1.29 is 9.63 Å². The van der Waals surface area contributed by atoms with E-state index in [1.807, 2.05) is 17.8 Å². The fourth-order valence-electron chi connectivity index (χ4n) is 2.49. The van der Waals surface area contributed by atoms with Crippen molar-refractivity contribution in [3.05, 3.63) is 30.1 Å². The van der Waals surface area contributed by atoms with Crippen molar-refractivity contribution >= 4 is 11.8 Å². The SMILES string of the molecule is Oc1cccc(-c2nc(CSC3CCCCC3)no2)c1. The van der Waals surface area contributed by atoms with Crippen LogP contribution in [0.5, 0.6) is 5.75 Å². The van der Waals surface area contributed by atoms with Gasteiger partial charge in [-0.15, -0.1) is 0 Å². The van der Waals surface area contributed by atoms with E-state index in [0.29, 0.717) is 5.89 Å². The molecular formula is C15H18N2O2S. The van der Waals surface area contributed by atoms with Gasteiger partial charge in [-0.25, -0.2) is 0 Å². The fourth-order valence-corrected chi connectivity index (χ4v) is 3.66. The van der Waals surface area contributed by atoms with Gasteiger partial charge in [-0.2, -0.15) is 16.7 Å². The lowest BCUT2D eigenvalue weighted by molar-refractivity contribution is 0.424. The molecule has 3 rings (SSSR count). The van der Waals surface area contributed by atoms with Crippen molar-refractivity contribution in [2.45, 2.75) is 43.1 Å². The Morgan fingerprint density at radius 1 is 1.25 bits per heavy atom. The molecule has 0 spiro atoms. The number of nitrogens with zero attached hydrogens (tertiary/aromatic N) is 2. The smallest absolute Gasteiger partial charge is 0.258 e. The van der Waals surface area contributed by atoms with Gasteiger partial charge < -0.3 is 9.63 Å². The molecule has 0 aliphatic heterocycles. The van der Waals surface area contributed by atoms with Gasteiger partial charge in [0.05, 0.1) is 5.75 Å². The molecule has 0 atom stereocenters. The minimum absolute atomic E-state index is 0.207. The summed E-state index contributed by atoms with van der Waals surface area (Å²) in [5, 5.41) is 14.2. The Morgan fingerprint density at radius 3 is 2.90 bits per heavy atom. The average molecular weight is 290 g/mol. The highest BCUT2D eigenvalue weighted by molar-refractivity contribution is 7.99. The van der Waals surface area contributed by atoms with E-state index in [0.717, 1.165) is 22.4 Å². The molecule has 106 valence electrons. The Hall–Kier alpha value is -1.49. The largest absolute Gasteiger partial charge is 0.508 e. The number of hydrogen-bond donors (Lipinski definition) is 1. The Kier molecular flexibility index (Phi) is 4.25. The molecule has 0 bridgehead atoms. The predicted molar refractivity (Wildman–Crippen MR) is 79.6 cm³/mol. The molecule has 0 saturated heterocycles. The lowest BCUT2D eigenvalue weighted by Crippen LogP contribution is -2.08. The molecule has 1 fully saturated rings. The van der Waals surface area contributed by atoms with Crippen LogP contribution in [0.15, 0.2) is 28.8 Å². The van der Waals surface area contributed by atoms with Crippen molar-refractivity contribution in [3.63, 3.8) is 0 Å². The quantitative estimate of drug-likeness (QED) is 0.922. The van der Waals surface area contributed by atoms with E-state index in [1.165, 1.54) is 32.1 Å². The van der Waals surface area contributed by atoms with Crippen molar-refractivity contribution in [3.8, 4) is 17.2 Å². The van der Waals surface area contributed by atoms with Crippen molar-refractivity contribution in [1.82, 2.24) is 10.1 Å². The number of aromatic nitrogens is 2. The molecule has 0 unspecified atom stereocenters. The van der Waals surface area contributed by atoms with Crippen molar-refractivity contribution in [1.29, 1.82) is 0 Å². The van der Waals surface area contributed by atoms with Gasteiger partial charge in [0.1, 0.15) is 5.75 Å². The first kappa shape index (κ1) is 13.5. The molecule has 1 aromatic carbocycles.